The van der Waals surface area contributed by atoms with E-state index in [1.807, 2.05) is 18.2 Å². The summed E-state index contributed by atoms with van der Waals surface area (Å²) in [6, 6.07) is 13.6. The van der Waals surface area contributed by atoms with Gasteiger partial charge in [-0.1, -0.05) is 54.2 Å². The number of pyridine rings is 1. The Labute approximate surface area is 193 Å². The van der Waals surface area contributed by atoms with Crippen LogP contribution >= 0.6 is 11.8 Å². The van der Waals surface area contributed by atoms with Gasteiger partial charge in [0.1, 0.15) is 4.90 Å². The van der Waals surface area contributed by atoms with Gasteiger partial charge in [0.25, 0.3) is 0 Å². The molecule has 0 spiro atoms. The number of thioether (sulfide) groups is 1. The lowest BCUT2D eigenvalue weighted by atomic mass is 10.2. The molecule has 1 fully saturated rings. The fourth-order valence-electron chi connectivity index (χ4n) is 3.53. The maximum atomic E-state index is 13.0. The summed E-state index contributed by atoms with van der Waals surface area (Å²) in [5.74, 6) is 1.78. The van der Waals surface area contributed by atoms with E-state index in [1.54, 1.807) is 16.4 Å². The highest BCUT2D eigenvalue weighted by molar-refractivity contribution is 7.98. The molecule has 170 valence electrons. The van der Waals surface area contributed by atoms with Crippen molar-refractivity contribution in [3.05, 3.63) is 65.9 Å². The molecule has 0 saturated carbocycles. The molecule has 0 amide bonds. The summed E-state index contributed by atoms with van der Waals surface area (Å²) < 4.78 is 32.8. The molecule has 1 aromatic carbocycles. The summed E-state index contributed by atoms with van der Waals surface area (Å²) in [7, 11) is -3.55. The predicted molar refractivity (Wildman–Crippen MR) is 123 cm³/mol. The van der Waals surface area contributed by atoms with Crippen LogP contribution in [0.3, 0.4) is 0 Å². The van der Waals surface area contributed by atoms with E-state index >= 15 is 0 Å². The van der Waals surface area contributed by atoms with Crippen molar-refractivity contribution in [2.45, 2.75) is 42.0 Å². The van der Waals surface area contributed by atoms with Crippen LogP contribution in [-0.2, 0) is 28.7 Å². The number of piperazine rings is 1. The molecule has 8 nitrogen and oxygen atoms in total. The molecule has 0 bridgehead atoms. The highest BCUT2D eigenvalue weighted by Crippen LogP contribution is 2.23. The summed E-state index contributed by atoms with van der Waals surface area (Å²) in [4.78, 5) is 11.2. The second kappa shape index (κ2) is 10.6. The molecule has 3 aromatic rings. The first kappa shape index (κ1) is 22.9. The van der Waals surface area contributed by atoms with Gasteiger partial charge in [-0.3, -0.25) is 4.90 Å². The molecule has 0 N–H and O–H groups in total. The van der Waals surface area contributed by atoms with Crippen LogP contribution in [0, 0.1) is 0 Å². The number of sulfonamides is 1. The first-order chi connectivity index (χ1) is 15.5. The number of hydrogen-bond acceptors (Lipinski definition) is 8. The minimum absolute atomic E-state index is 0.225. The minimum atomic E-state index is -3.55. The van der Waals surface area contributed by atoms with Gasteiger partial charge < -0.3 is 4.52 Å². The predicted octanol–water partition coefficient (Wildman–Crippen LogP) is 3.22. The van der Waals surface area contributed by atoms with Crippen LogP contribution < -0.4 is 0 Å². The lowest BCUT2D eigenvalue weighted by Gasteiger charge is -2.33. The van der Waals surface area contributed by atoms with Crippen LogP contribution in [0.4, 0.5) is 0 Å². The normalized spacial score (nSPS) is 15.8. The van der Waals surface area contributed by atoms with Gasteiger partial charge in [0.2, 0.25) is 15.9 Å². The van der Waals surface area contributed by atoms with Crippen molar-refractivity contribution in [2.24, 2.45) is 0 Å². The Morgan fingerprint density at radius 1 is 1.06 bits per heavy atom. The van der Waals surface area contributed by atoms with Gasteiger partial charge in [0.15, 0.2) is 5.82 Å². The number of nitrogens with zero attached hydrogens (tertiary/aromatic N) is 5. The first-order valence-electron chi connectivity index (χ1n) is 10.7. The third-order valence-corrected chi connectivity index (χ3v) is 8.07. The minimum Gasteiger partial charge on any atom is -0.339 e. The molecule has 1 aliphatic heterocycles. The SMILES string of the molecule is CCCc1nc(CSc2ccc(S(=O)(=O)N3CCN(Cc4ccccc4)CC3)cn2)no1. The molecule has 2 aromatic heterocycles. The zero-order valence-electron chi connectivity index (χ0n) is 18.1. The fraction of sp³-hybridized carbons (Fsp3) is 0.409. The molecule has 1 aliphatic rings. The number of benzene rings is 1. The van der Waals surface area contributed by atoms with Crippen LogP contribution in [0.25, 0.3) is 0 Å². The molecule has 0 radical (unpaired) electrons. The van der Waals surface area contributed by atoms with Gasteiger partial charge in [-0.2, -0.15) is 9.29 Å². The van der Waals surface area contributed by atoms with Gasteiger partial charge in [-0.05, 0) is 24.1 Å². The second-order valence-electron chi connectivity index (χ2n) is 7.64. The van der Waals surface area contributed by atoms with Crippen LogP contribution in [0.2, 0.25) is 0 Å². The van der Waals surface area contributed by atoms with E-state index in [0.717, 1.165) is 24.4 Å². The molecule has 0 unspecified atom stereocenters. The van der Waals surface area contributed by atoms with Crippen LogP contribution in [0.5, 0.6) is 0 Å². The van der Waals surface area contributed by atoms with E-state index in [9.17, 15) is 8.42 Å². The van der Waals surface area contributed by atoms with Crippen LogP contribution in [0.15, 0.2) is 63.1 Å². The lowest BCUT2D eigenvalue weighted by molar-refractivity contribution is 0.181. The smallest absolute Gasteiger partial charge is 0.244 e. The first-order valence-corrected chi connectivity index (χ1v) is 13.1. The second-order valence-corrected chi connectivity index (χ2v) is 10.6. The average molecular weight is 474 g/mol. The zero-order chi connectivity index (χ0) is 22.4. The number of rotatable bonds is 9. The molecule has 0 atom stereocenters. The fourth-order valence-corrected chi connectivity index (χ4v) is 5.58. The van der Waals surface area contributed by atoms with Gasteiger partial charge in [0, 0.05) is 45.3 Å². The third-order valence-electron chi connectivity index (χ3n) is 5.25. The summed E-state index contributed by atoms with van der Waals surface area (Å²) >= 11 is 1.45. The van der Waals surface area contributed by atoms with E-state index in [0.29, 0.717) is 43.6 Å². The lowest BCUT2D eigenvalue weighted by Crippen LogP contribution is -2.48. The number of aromatic nitrogens is 3. The summed E-state index contributed by atoms with van der Waals surface area (Å²) in [6.45, 7) is 5.26. The highest BCUT2D eigenvalue weighted by atomic mass is 32.2. The standard InChI is InChI=1S/C22H27N5O3S2/c1-2-6-21-24-20(25-30-21)17-31-22-10-9-19(15-23-22)32(28,29)27-13-11-26(12-14-27)16-18-7-4-3-5-8-18/h3-5,7-10,15H,2,6,11-14,16-17H2,1H3. The summed E-state index contributed by atoms with van der Waals surface area (Å²) in [5, 5.41) is 4.68. The van der Waals surface area contributed by atoms with E-state index < -0.39 is 10.0 Å². The van der Waals surface area contributed by atoms with E-state index in [2.05, 4.69) is 39.1 Å². The molecule has 1 saturated heterocycles. The largest absolute Gasteiger partial charge is 0.339 e. The summed E-state index contributed by atoms with van der Waals surface area (Å²) in [6.07, 6.45) is 3.16. The van der Waals surface area contributed by atoms with Crippen molar-refractivity contribution in [1.29, 1.82) is 0 Å². The zero-order valence-corrected chi connectivity index (χ0v) is 19.7. The van der Waals surface area contributed by atoms with Crippen molar-refractivity contribution in [2.75, 3.05) is 26.2 Å². The van der Waals surface area contributed by atoms with Crippen molar-refractivity contribution in [1.82, 2.24) is 24.3 Å². The molecule has 0 aliphatic carbocycles. The highest BCUT2D eigenvalue weighted by Gasteiger charge is 2.28. The molecule has 10 heteroatoms. The van der Waals surface area contributed by atoms with E-state index in [1.165, 1.54) is 23.5 Å². The maximum Gasteiger partial charge on any atom is 0.244 e. The maximum absolute atomic E-state index is 13.0. The molecule has 4 rings (SSSR count). The summed E-state index contributed by atoms with van der Waals surface area (Å²) in [5.41, 5.74) is 1.24. The van der Waals surface area contributed by atoms with Crippen molar-refractivity contribution in [3.8, 4) is 0 Å². The van der Waals surface area contributed by atoms with Crippen molar-refractivity contribution >= 4 is 21.8 Å². The topological polar surface area (TPSA) is 92.4 Å². The number of hydrogen-bond donors (Lipinski definition) is 0. The monoisotopic (exact) mass is 473 g/mol. The van der Waals surface area contributed by atoms with Gasteiger partial charge in [0.05, 0.1) is 10.8 Å². The van der Waals surface area contributed by atoms with Crippen LogP contribution in [0.1, 0.15) is 30.6 Å². The molecule has 32 heavy (non-hydrogen) atoms. The Kier molecular flexibility index (Phi) is 7.56. The molecular weight excluding hydrogens is 446 g/mol. The Bertz CT molecular complexity index is 1100. The quantitative estimate of drug-likeness (QED) is 0.438. The van der Waals surface area contributed by atoms with Crippen LogP contribution in [-0.4, -0.2) is 58.9 Å². The van der Waals surface area contributed by atoms with Crippen molar-refractivity contribution in [3.63, 3.8) is 0 Å². The molecule has 3 heterocycles. The Balaban J connectivity index is 1.30. The van der Waals surface area contributed by atoms with Gasteiger partial charge >= 0.3 is 0 Å². The Hall–Kier alpha value is -2.27. The average Bonchev–Trinajstić information content (AvgIpc) is 3.27. The van der Waals surface area contributed by atoms with Crippen molar-refractivity contribution < 1.29 is 12.9 Å². The van der Waals surface area contributed by atoms with E-state index in [-0.39, 0.29) is 4.90 Å². The Morgan fingerprint density at radius 2 is 1.84 bits per heavy atom. The Morgan fingerprint density at radius 3 is 2.53 bits per heavy atom. The number of aryl methyl sites for hydroxylation is 1. The molecular formula is C22H27N5O3S2. The van der Waals surface area contributed by atoms with Gasteiger partial charge in [-0.15, -0.1) is 0 Å². The third kappa shape index (κ3) is 5.74. The van der Waals surface area contributed by atoms with E-state index in [4.69, 9.17) is 4.52 Å². The van der Waals surface area contributed by atoms with Gasteiger partial charge in [-0.25, -0.2) is 13.4 Å².